The minimum atomic E-state index is -1.17. The van der Waals surface area contributed by atoms with E-state index in [1.807, 2.05) is 25.1 Å². The molecule has 0 saturated heterocycles. The summed E-state index contributed by atoms with van der Waals surface area (Å²) in [6.45, 7) is 1.90. The van der Waals surface area contributed by atoms with Gasteiger partial charge in [-0.05, 0) is 30.2 Å². The molecule has 4 nitrogen and oxygen atoms in total. The molecule has 3 unspecified atom stereocenters. The van der Waals surface area contributed by atoms with Crippen LogP contribution >= 0.6 is 0 Å². The normalized spacial score (nSPS) is 14.8. The number of carbonyl (C=O) groups excluding carboxylic acids is 1. The van der Waals surface area contributed by atoms with Gasteiger partial charge >= 0.3 is 0 Å². The maximum absolute atomic E-state index is 12.5. The molecule has 5 heteroatoms. The van der Waals surface area contributed by atoms with Crippen molar-refractivity contribution in [2.45, 2.75) is 24.0 Å². The van der Waals surface area contributed by atoms with Gasteiger partial charge in [-0.15, -0.1) is 0 Å². The van der Waals surface area contributed by atoms with Gasteiger partial charge in [-0.1, -0.05) is 42.5 Å². The van der Waals surface area contributed by atoms with Gasteiger partial charge in [0.2, 0.25) is 0 Å². The Bertz CT molecular complexity index is 685. The molecular weight excluding hydrogens is 310 g/mol. The molecule has 122 valence electrons. The second-order valence-electron chi connectivity index (χ2n) is 5.46. The summed E-state index contributed by atoms with van der Waals surface area (Å²) in [7, 11) is 0.649. The first-order valence-electron chi connectivity index (χ1n) is 7.35. The number of amides is 1. The Morgan fingerprint density at radius 1 is 1.04 bits per heavy atom. The van der Waals surface area contributed by atoms with Crippen molar-refractivity contribution >= 4 is 16.7 Å². The fourth-order valence-corrected chi connectivity index (χ4v) is 2.84. The van der Waals surface area contributed by atoms with Crippen LogP contribution in [0, 0.1) is 0 Å². The second kappa shape index (κ2) is 7.53. The van der Waals surface area contributed by atoms with Gasteiger partial charge in [-0.3, -0.25) is 9.00 Å². The van der Waals surface area contributed by atoms with Gasteiger partial charge in [0.15, 0.2) is 6.10 Å². The number of rotatable bonds is 5. The zero-order valence-electron chi connectivity index (χ0n) is 13.5. The SMILES string of the molecule is CC(c1ccc(S(C)=O)cc1)N(C)C(=O)C(O)c1ccccc1. The molecule has 0 heterocycles. The smallest absolute Gasteiger partial charge is 0.256 e. The largest absolute Gasteiger partial charge is 0.378 e. The topological polar surface area (TPSA) is 57.6 Å². The summed E-state index contributed by atoms with van der Waals surface area (Å²) in [5, 5.41) is 10.2. The molecule has 0 fully saturated rings. The van der Waals surface area contributed by atoms with E-state index >= 15 is 0 Å². The molecule has 0 radical (unpaired) electrons. The third-order valence-electron chi connectivity index (χ3n) is 3.97. The van der Waals surface area contributed by atoms with E-state index in [1.165, 1.54) is 4.90 Å². The average molecular weight is 331 g/mol. The van der Waals surface area contributed by atoms with Gasteiger partial charge in [0.25, 0.3) is 5.91 Å². The lowest BCUT2D eigenvalue weighted by atomic mass is 10.0. The summed E-state index contributed by atoms with van der Waals surface area (Å²) in [6, 6.07) is 16.0. The molecule has 2 aromatic carbocycles. The highest BCUT2D eigenvalue weighted by molar-refractivity contribution is 7.84. The van der Waals surface area contributed by atoms with E-state index < -0.39 is 16.9 Å². The molecule has 0 spiro atoms. The van der Waals surface area contributed by atoms with Crippen LogP contribution < -0.4 is 0 Å². The number of aliphatic hydroxyl groups excluding tert-OH is 1. The van der Waals surface area contributed by atoms with Gasteiger partial charge in [0, 0.05) is 29.0 Å². The summed E-state index contributed by atoms with van der Waals surface area (Å²) in [6.07, 6.45) is 0.454. The van der Waals surface area contributed by atoms with Crippen molar-refractivity contribution in [1.82, 2.24) is 4.90 Å². The zero-order valence-corrected chi connectivity index (χ0v) is 14.3. The van der Waals surface area contributed by atoms with Crippen molar-refractivity contribution in [1.29, 1.82) is 0 Å². The summed E-state index contributed by atoms with van der Waals surface area (Å²) in [5.41, 5.74) is 1.50. The third kappa shape index (κ3) is 4.06. The first-order chi connectivity index (χ1) is 10.9. The summed E-state index contributed by atoms with van der Waals surface area (Å²) >= 11 is 0. The summed E-state index contributed by atoms with van der Waals surface area (Å²) in [5.74, 6) is -0.355. The van der Waals surface area contributed by atoms with Gasteiger partial charge in [-0.2, -0.15) is 0 Å². The van der Waals surface area contributed by atoms with Crippen LogP contribution in [0.25, 0.3) is 0 Å². The monoisotopic (exact) mass is 331 g/mol. The van der Waals surface area contributed by atoms with Crippen LogP contribution in [0.5, 0.6) is 0 Å². The highest BCUT2D eigenvalue weighted by Crippen LogP contribution is 2.24. The van der Waals surface area contributed by atoms with Crippen molar-refractivity contribution in [3.8, 4) is 0 Å². The molecule has 23 heavy (non-hydrogen) atoms. The first-order valence-corrected chi connectivity index (χ1v) is 8.90. The van der Waals surface area contributed by atoms with Crippen molar-refractivity contribution in [2.24, 2.45) is 0 Å². The van der Waals surface area contributed by atoms with Crippen molar-refractivity contribution in [2.75, 3.05) is 13.3 Å². The Hall–Kier alpha value is -1.98. The maximum Gasteiger partial charge on any atom is 0.256 e. The lowest BCUT2D eigenvalue weighted by molar-refractivity contribution is -0.141. The molecule has 0 aliphatic heterocycles. The first kappa shape index (κ1) is 17.4. The van der Waals surface area contributed by atoms with E-state index in [0.717, 1.165) is 10.5 Å². The predicted molar refractivity (Wildman–Crippen MR) is 91.4 cm³/mol. The fraction of sp³-hybridized carbons (Fsp3) is 0.278. The Morgan fingerprint density at radius 3 is 2.13 bits per heavy atom. The Kier molecular flexibility index (Phi) is 5.69. The minimum Gasteiger partial charge on any atom is -0.378 e. The van der Waals surface area contributed by atoms with E-state index in [9.17, 15) is 14.1 Å². The number of aliphatic hydroxyl groups is 1. The number of likely N-dealkylation sites (N-methyl/N-ethyl adjacent to an activating group) is 1. The lowest BCUT2D eigenvalue weighted by Gasteiger charge is -2.27. The molecular formula is C18H21NO3S. The van der Waals surface area contributed by atoms with E-state index in [2.05, 4.69) is 0 Å². The third-order valence-corrected chi connectivity index (χ3v) is 4.91. The molecule has 0 aliphatic carbocycles. The molecule has 0 aliphatic rings. The molecule has 2 aromatic rings. The summed E-state index contributed by atoms with van der Waals surface area (Å²) < 4.78 is 11.4. The van der Waals surface area contributed by atoms with Crippen LogP contribution in [0.3, 0.4) is 0 Å². The van der Waals surface area contributed by atoms with E-state index in [1.54, 1.807) is 49.7 Å². The minimum absolute atomic E-state index is 0.194. The Balaban J connectivity index is 2.13. The van der Waals surface area contributed by atoms with Gasteiger partial charge in [-0.25, -0.2) is 0 Å². The molecule has 1 N–H and O–H groups in total. The number of benzene rings is 2. The summed E-state index contributed by atoms with van der Waals surface area (Å²) in [4.78, 5) is 14.7. The van der Waals surface area contributed by atoms with Crippen molar-refractivity contribution < 1.29 is 14.1 Å². The average Bonchev–Trinajstić information content (AvgIpc) is 2.60. The van der Waals surface area contributed by atoms with Crippen LogP contribution in [0.2, 0.25) is 0 Å². The molecule has 0 bridgehead atoms. The van der Waals surface area contributed by atoms with E-state index in [0.29, 0.717) is 5.56 Å². The van der Waals surface area contributed by atoms with Crippen LogP contribution in [0.15, 0.2) is 59.5 Å². The quantitative estimate of drug-likeness (QED) is 0.916. The number of nitrogens with zero attached hydrogens (tertiary/aromatic N) is 1. The van der Waals surface area contributed by atoms with Gasteiger partial charge in [0.1, 0.15) is 0 Å². The van der Waals surface area contributed by atoms with Crippen LogP contribution in [0.4, 0.5) is 0 Å². The maximum atomic E-state index is 12.5. The fourth-order valence-electron chi connectivity index (χ4n) is 2.32. The van der Waals surface area contributed by atoms with Crippen molar-refractivity contribution in [3.63, 3.8) is 0 Å². The molecule has 3 atom stereocenters. The lowest BCUT2D eigenvalue weighted by Crippen LogP contribution is -2.33. The number of hydrogen-bond donors (Lipinski definition) is 1. The number of carbonyl (C=O) groups is 1. The molecule has 0 saturated carbocycles. The molecule has 0 aromatic heterocycles. The van der Waals surface area contributed by atoms with Crippen LogP contribution in [0.1, 0.15) is 30.2 Å². The van der Waals surface area contributed by atoms with Gasteiger partial charge in [0.05, 0.1) is 6.04 Å². The number of hydrogen-bond acceptors (Lipinski definition) is 3. The predicted octanol–water partition coefficient (Wildman–Crippen LogP) is 2.68. The van der Waals surface area contributed by atoms with E-state index in [4.69, 9.17) is 0 Å². The highest BCUT2D eigenvalue weighted by atomic mass is 32.2. The van der Waals surface area contributed by atoms with Crippen LogP contribution in [-0.2, 0) is 15.6 Å². The Morgan fingerprint density at radius 2 is 1.61 bits per heavy atom. The van der Waals surface area contributed by atoms with Gasteiger partial charge < -0.3 is 10.0 Å². The second-order valence-corrected chi connectivity index (χ2v) is 6.84. The zero-order chi connectivity index (χ0) is 17.0. The highest BCUT2D eigenvalue weighted by Gasteiger charge is 2.25. The van der Waals surface area contributed by atoms with Crippen molar-refractivity contribution in [3.05, 3.63) is 65.7 Å². The van der Waals surface area contributed by atoms with E-state index in [-0.39, 0.29) is 11.9 Å². The molecule has 2 rings (SSSR count). The standard InChI is InChI=1S/C18H21NO3S/c1-13(14-9-11-16(12-10-14)23(3)22)19(2)18(21)17(20)15-7-5-4-6-8-15/h4-13,17,20H,1-3H3. The van der Waals surface area contributed by atoms with Crippen LogP contribution in [-0.4, -0.2) is 33.4 Å². The Labute approximate surface area is 139 Å². The molecule has 1 amide bonds.